The summed E-state index contributed by atoms with van der Waals surface area (Å²) in [5, 5.41) is 0. The summed E-state index contributed by atoms with van der Waals surface area (Å²) in [6.07, 6.45) is 11.5. The summed E-state index contributed by atoms with van der Waals surface area (Å²) in [5.74, 6) is 0. The lowest BCUT2D eigenvalue weighted by Gasteiger charge is -2.32. The van der Waals surface area contributed by atoms with Gasteiger partial charge in [-0.1, -0.05) is 26.7 Å². The van der Waals surface area contributed by atoms with Gasteiger partial charge in [0, 0.05) is 0 Å². The highest BCUT2D eigenvalue weighted by atomic mass is 19.0. The van der Waals surface area contributed by atoms with Crippen molar-refractivity contribution in [1.82, 2.24) is 0 Å². The standard InChI is InChI=1S/C13H27N.FH/c1-3-5-7-11-14-12-8-6-10-13(14)9-4-2;/h13H,3-12H2,1-2H3;1H. The van der Waals surface area contributed by atoms with Crippen LogP contribution in [-0.4, -0.2) is 19.1 Å². The molecule has 0 saturated carbocycles. The molecule has 15 heavy (non-hydrogen) atoms. The van der Waals surface area contributed by atoms with E-state index in [-0.39, 0.29) is 4.70 Å². The number of hydrogen-bond donors (Lipinski definition) is 1. The molecule has 1 aliphatic rings. The SMILES string of the molecule is CCCCC[NH+]1CCCCC1CCC.[F-]. The molecular formula is C13H28FN. The maximum absolute atomic E-state index is 2.33. The summed E-state index contributed by atoms with van der Waals surface area (Å²) in [6.45, 7) is 7.53. The lowest BCUT2D eigenvalue weighted by Crippen LogP contribution is -3.16. The lowest BCUT2D eigenvalue weighted by molar-refractivity contribution is -0.931. The summed E-state index contributed by atoms with van der Waals surface area (Å²) < 4.78 is 0. The monoisotopic (exact) mass is 217 g/mol. The zero-order chi connectivity index (χ0) is 10.2. The van der Waals surface area contributed by atoms with E-state index in [4.69, 9.17) is 0 Å². The molecule has 1 aliphatic heterocycles. The van der Waals surface area contributed by atoms with Crippen LogP contribution in [0.2, 0.25) is 0 Å². The fourth-order valence-electron chi connectivity index (χ4n) is 2.78. The van der Waals surface area contributed by atoms with Gasteiger partial charge in [-0.15, -0.1) is 0 Å². The Labute approximate surface area is 94.6 Å². The molecule has 0 aromatic carbocycles. The van der Waals surface area contributed by atoms with Crippen molar-refractivity contribution in [2.45, 2.75) is 71.3 Å². The molecule has 2 heteroatoms. The normalized spacial score (nSPS) is 26.0. The number of rotatable bonds is 6. The van der Waals surface area contributed by atoms with E-state index in [0.29, 0.717) is 0 Å². The van der Waals surface area contributed by atoms with Gasteiger partial charge in [0.05, 0.1) is 19.1 Å². The Morgan fingerprint density at radius 1 is 1.07 bits per heavy atom. The van der Waals surface area contributed by atoms with Crippen molar-refractivity contribution in [2.24, 2.45) is 0 Å². The molecule has 2 unspecified atom stereocenters. The highest BCUT2D eigenvalue weighted by Gasteiger charge is 2.24. The molecule has 0 spiro atoms. The number of nitrogens with one attached hydrogen (secondary N) is 1. The van der Waals surface area contributed by atoms with Gasteiger partial charge in [-0.25, -0.2) is 0 Å². The molecule has 1 nitrogen and oxygen atoms in total. The van der Waals surface area contributed by atoms with E-state index in [2.05, 4.69) is 13.8 Å². The van der Waals surface area contributed by atoms with Gasteiger partial charge in [-0.2, -0.15) is 0 Å². The van der Waals surface area contributed by atoms with Crippen LogP contribution in [0.3, 0.4) is 0 Å². The smallest absolute Gasteiger partial charge is 0.0874 e. The van der Waals surface area contributed by atoms with E-state index in [1.807, 2.05) is 4.90 Å². The second-order valence-corrected chi connectivity index (χ2v) is 4.85. The fourth-order valence-corrected chi connectivity index (χ4v) is 2.78. The third kappa shape index (κ3) is 5.50. The maximum Gasteiger partial charge on any atom is 0.0874 e. The molecular weight excluding hydrogens is 189 g/mol. The molecule has 0 radical (unpaired) electrons. The van der Waals surface area contributed by atoms with Crippen molar-refractivity contribution >= 4 is 0 Å². The first-order valence-corrected chi connectivity index (χ1v) is 6.73. The predicted molar refractivity (Wildman–Crippen MR) is 62.8 cm³/mol. The first kappa shape index (κ1) is 14.9. The molecule has 1 saturated heterocycles. The zero-order valence-electron chi connectivity index (χ0n) is 10.5. The average Bonchev–Trinajstić information content (AvgIpc) is 2.21. The van der Waals surface area contributed by atoms with Gasteiger partial charge in [0.25, 0.3) is 0 Å². The summed E-state index contributed by atoms with van der Waals surface area (Å²) in [7, 11) is 0. The molecule has 0 aromatic heterocycles. The van der Waals surface area contributed by atoms with E-state index in [1.54, 1.807) is 0 Å². The van der Waals surface area contributed by atoms with Crippen molar-refractivity contribution in [3.05, 3.63) is 0 Å². The van der Waals surface area contributed by atoms with Crippen LogP contribution < -0.4 is 9.60 Å². The van der Waals surface area contributed by atoms with Crippen LogP contribution in [-0.2, 0) is 0 Å². The number of unbranched alkanes of at least 4 members (excludes halogenated alkanes) is 2. The predicted octanol–water partition coefficient (Wildman–Crippen LogP) is -0.582. The lowest BCUT2D eigenvalue weighted by atomic mass is 9.98. The molecule has 92 valence electrons. The second kappa shape index (κ2) is 9.14. The van der Waals surface area contributed by atoms with Crippen LogP contribution in [0.4, 0.5) is 0 Å². The second-order valence-electron chi connectivity index (χ2n) is 4.85. The van der Waals surface area contributed by atoms with Crippen LogP contribution in [0, 0.1) is 0 Å². The van der Waals surface area contributed by atoms with Crippen molar-refractivity contribution in [2.75, 3.05) is 13.1 Å². The molecule has 2 atom stereocenters. The molecule has 1 heterocycles. The van der Waals surface area contributed by atoms with Crippen molar-refractivity contribution in [3.8, 4) is 0 Å². The highest BCUT2D eigenvalue weighted by Crippen LogP contribution is 2.08. The van der Waals surface area contributed by atoms with Gasteiger partial charge in [-0.3, -0.25) is 0 Å². The molecule has 1 N–H and O–H groups in total. The third-order valence-corrected chi connectivity index (χ3v) is 3.62. The van der Waals surface area contributed by atoms with Gasteiger partial charge in [0.15, 0.2) is 0 Å². The van der Waals surface area contributed by atoms with Crippen molar-refractivity contribution < 1.29 is 9.60 Å². The number of piperidine rings is 1. The number of halogens is 1. The van der Waals surface area contributed by atoms with Crippen LogP contribution in [0.25, 0.3) is 0 Å². The summed E-state index contributed by atoms with van der Waals surface area (Å²) >= 11 is 0. The van der Waals surface area contributed by atoms with E-state index >= 15 is 0 Å². The summed E-state index contributed by atoms with van der Waals surface area (Å²) in [4.78, 5) is 1.92. The van der Waals surface area contributed by atoms with E-state index in [0.717, 1.165) is 6.04 Å². The molecule has 1 rings (SSSR count). The molecule has 0 bridgehead atoms. The zero-order valence-corrected chi connectivity index (χ0v) is 10.5. The largest absolute Gasteiger partial charge is 1.00 e. The number of quaternary nitrogens is 1. The Morgan fingerprint density at radius 3 is 2.53 bits per heavy atom. The van der Waals surface area contributed by atoms with Crippen LogP contribution >= 0.6 is 0 Å². The van der Waals surface area contributed by atoms with Crippen LogP contribution in [0.5, 0.6) is 0 Å². The topological polar surface area (TPSA) is 4.44 Å². The Balaban J connectivity index is 0.00000196. The fraction of sp³-hybridized carbons (Fsp3) is 1.00. The quantitative estimate of drug-likeness (QED) is 0.568. The van der Waals surface area contributed by atoms with Gasteiger partial charge in [-0.05, 0) is 38.5 Å². The van der Waals surface area contributed by atoms with Crippen LogP contribution in [0.1, 0.15) is 65.2 Å². The van der Waals surface area contributed by atoms with Crippen molar-refractivity contribution in [3.63, 3.8) is 0 Å². The molecule has 0 aliphatic carbocycles. The summed E-state index contributed by atoms with van der Waals surface area (Å²) in [6, 6.07) is 1.01. The Hall–Kier alpha value is -0.110. The maximum atomic E-state index is 2.33. The minimum Gasteiger partial charge on any atom is -1.00 e. The van der Waals surface area contributed by atoms with E-state index in [9.17, 15) is 0 Å². The van der Waals surface area contributed by atoms with Gasteiger partial charge >= 0.3 is 0 Å². The molecule has 0 amide bonds. The minimum absolute atomic E-state index is 0. The van der Waals surface area contributed by atoms with Gasteiger partial charge < -0.3 is 9.60 Å². The Kier molecular flexibility index (Phi) is 9.07. The molecule has 0 aromatic rings. The first-order valence-electron chi connectivity index (χ1n) is 6.73. The molecule has 1 fully saturated rings. The van der Waals surface area contributed by atoms with E-state index < -0.39 is 0 Å². The summed E-state index contributed by atoms with van der Waals surface area (Å²) in [5.41, 5.74) is 0. The van der Waals surface area contributed by atoms with Gasteiger partial charge in [0.2, 0.25) is 0 Å². The van der Waals surface area contributed by atoms with Crippen LogP contribution in [0.15, 0.2) is 0 Å². The van der Waals surface area contributed by atoms with Crippen molar-refractivity contribution in [1.29, 1.82) is 0 Å². The minimum atomic E-state index is 0. The average molecular weight is 217 g/mol. The number of hydrogen-bond acceptors (Lipinski definition) is 0. The van der Waals surface area contributed by atoms with E-state index in [1.165, 1.54) is 64.5 Å². The number of likely N-dealkylation sites (tertiary alicyclic amines) is 1. The Morgan fingerprint density at radius 2 is 1.87 bits per heavy atom. The van der Waals surface area contributed by atoms with Gasteiger partial charge in [0.1, 0.15) is 0 Å². The Bertz CT molecular complexity index is 136. The highest BCUT2D eigenvalue weighted by molar-refractivity contribution is 4.61. The third-order valence-electron chi connectivity index (χ3n) is 3.62. The first-order chi connectivity index (χ1) is 6.88.